The molecular weight excluding hydrogens is 282 g/mol. The van der Waals surface area contributed by atoms with E-state index in [1.807, 2.05) is 31.2 Å². The maximum atomic E-state index is 12.6. The Morgan fingerprint density at radius 3 is 2.91 bits per heavy atom. The average Bonchev–Trinajstić information content (AvgIpc) is 2.90. The molecule has 6 heteroatoms. The van der Waals surface area contributed by atoms with Gasteiger partial charge in [-0.25, -0.2) is 0 Å². The van der Waals surface area contributed by atoms with Crippen molar-refractivity contribution in [2.45, 2.75) is 32.2 Å². The first-order valence-electron chi connectivity index (χ1n) is 7.50. The zero-order chi connectivity index (χ0) is 15.7. The number of benzene rings is 1. The summed E-state index contributed by atoms with van der Waals surface area (Å²) in [7, 11) is 0. The number of carboxylic acid groups (broad SMARTS) is 1. The zero-order valence-electron chi connectivity index (χ0n) is 12.5. The lowest BCUT2D eigenvalue weighted by molar-refractivity contribution is -0.147. The summed E-state index contributed by atoms with van der Waals surface area (Å²) in [6.45, 7) is 2.27. The Bertz CT molecular complexity index is 709. The van der Waals surface area contributed by atoms with Gasteiger partial charge in [0.2, 0.25) is 5.91 Å². The fraction of sp³-hybridized carbons (Fsp3) is 0.438. The number of carbonyl (C=O) groups is 2. The van der Waals surface area contributed by atoms with Crippen LogP contribution in [0, 0.1) is 5.92 Å². The number of H-pyrrole nitrogens is 1. The van der Waals surface area contributed by atoms with E-state index >= 15 is 0 Å². The Kier molecular flexibility index (Phi) is 3.83. The fourth-order valence-electron chi connectivity index (χ4n) is 3.06. The van der Waals surface area contributed by atoms with Crippen molar-refractivity contribution in [2.75, 3.05) is 6.54 Å². The summed E-state index contributed by atoms with van der Waals surface area (Å²) >= 11 is 0. The number of piperidine rings is 1. The number of aliphatic carboxylic acids is 1. The van der Waals surface area contributed by atoms with Gasteiger partial charge in [-0.05, 0) is 25.8 Å². The van der Waals surface area contributed by atoms with E-state index in [2.05, 4.69) is 10.2 Å². The fourth-order valence-corrected chi connectivity index (χ4v) is 3.06. The minimum atomic E-state index is -0.823. The second-order valence-electron chi connectivity index (χ2n) is 5.90. The van der Waals surface area contributed by atoms with Crippen LogP contribution in [0.25, 0.3) is 10.9 Å². The Morgan fingerprint density at radius 2 is 2.14 bits per heavy atom. The van der Waals surface area contributed by atoms with E-state index in [9.17, 15) is 9.59 Å². The maximum absolute atomic E-state index is 12.6. The number of aromatic nitrogens is 2. The Balaban J connectivity index is 1.77. The average molecular weight is 301 g/mol. The lowest BCUT2D eigenvalue weighted by Crippen LogP contribution is -2.48. The van der Waals surface area contributed by atoms with Crippen LogP contribution in [0.4, 0.5) is 0 Å². The molecular formula is C16H19N3O3. The minimum absolute atomic E-state index is 0.0483. The van der Waals surface area contributed by atoms with Crippen LogP contribution >= 0.6 is 0 Å². The minimum Gasteiger partial charge on any atom is -0.481 e. The smallest absolute Gasteiger partial charge is 0.308 e. The number of carbonyl (C=O) groups excluding carboxylic acids is 1. The van der Waals surface area contributed by atoms with Gasteiger partial charge in [0.1, 0.15) is 0 Å². The molecule has 1 aromatic heterocycles. The van der Waals surface area contributed by atoms with Crippen molar-refractivity contribution in [1.82, 2.24) is 15.1 Å². The molecule has 1 aromatic carbocycles. The van der Waals surface area contributed by atoms with Crippen molar-refractivity contribution in [3.05, 3.63) is 30.0 Å². The summed E-state index contributed by atoms with van der Waals surface area (Å²) in [5.41, 5.74) is 1.62. The molecule has 1 saturated heterocycles. The molecule has 0 radical (unpaired) electrons. The van der Waals surface area contributed by atoms with Gasteiger partial charge in [0.15, 0.2) is 0 Å². The van der Waals surface area contributed by atoms with E-state index in [0.717, 1.165) is 23.0 Å². The van der Waals surface area contributed by atoms with E-state index in [4.69, 9.17) is 5.11 Å². The monoisotopic (exact) mass is 301 g/mol. The predicted molar refractivity (Wildman–Crippen MR) is 81.3 cm³/mol. The molecule has 2 heterocycles. The first-order valence-corrected chi connectivity index (χ1v) is 7.50. The number of nitrogens with zero attached hydrogens (tertiary/aromatic N) is 2. The molecule has 0 spiro atoms. The second-order valence-corrected chi connectivity index (χ2v) is 5.90. The number of hydrogen-bond acceptors (Lipinski definition) is 3. The highest BCUT2D eigenvalue weighted by molar-refractivity contribution is 5.87. The molecule has 3 rings (SSSR count). The van der Waals surface area contributed by atoms with E-state index in [1.54, 1.807) is 4.90 Å². The highest BCUT2D eigenvalue weighted by atomic mass is 16.4. The van der Waals surface area contributed by atoms with Gasteiger partial charge >= 0.3 is 5.97 Å². The number of para-hydroxylation sites is 1. The third-order valence-corrected chi connectivity index (χ3v) is 4.42. The SMILES string of the molecule is CC1CCC(C(=O)O)CN1C(=O)Cc1[nH]nc2ccccc12. The lowest BCUT2D eigenvalue weighted by atomic mass is 9.93. The van der Waals surface area contributed by atoms with Crippen molar-refractivity contribution in [3.8, 4) is 0 Å². The van der Waals surface area contributed by atoms with Crippen molar-refractivity contribution in [3.63, 3.8) is 0 Å². The zero-order valence-corrected chi connectivity index (χ0v) is 12.5. The molecule has 0 bridgehead atoms. The number of likely N-dealkylation sites (tertiary alicyclic amines) is 1. The van der Waals surface area contributed by atoms with Gasteiger partial charge in [0, 0.05) is 18.0 Å². The Morgan fingerprint density at radius 1 is 1.36 bits per heavy atom. The molecule has 0 saturated carbocycles. The molecule has 2 N–H and O–H groups in total. The molecule has 2 atom stereocenters. The summed E-state index contributed by atoms with van der Waals surface area (Å²) in [5.74, 6) is -1.33. The number of carboxylic acids is 1. The summed E-state index contributed by atoms with van der Waals surface area (Å²) in [6.07, 6.45) is 1.58. The van der Waals surface area contributed by atoms with Gasteiger partial charge < -0.3 is 10.0 Å². The third-order valence-electron chi connectivity index (χ3n) is 4.42. The summed E-state index contributed by atoms with van der Waals surface area (Å²) in [5, 5.41) is 17.2. The van der Waals surface area contributed by atoms with E-state index in [0.29, 0.717) is 13.0 Å². The highest BCUT2D eigenvalue weighted by Gasteiger charge is 2.32. The van der Waals surface area contributed by atoms with Gasteiger partial charge in [0.25, 0.3) is 0 Å². The van der Waals surface area contributed by atoms with Gasteiger partial charge in [-0.2, -0.15) is 5.10 Å². The molecule has 2 unspecified atom stereocenters. The molecule has 0 aliphatic carbocycles. The van der Waals surface area contributed by atoms with E-state index in [1.165, 1.54) is 0 Å². The van der Waals surface area contributed by atoms with Crippen molar-refractivity contribution < 1.29 is 14.7 Å². The number of aromatic amines is 1. The first-order chi connectivity index (χ1) is 10.6. The van der Waals surface area contributed by atoms with Crippen LogP contribution in [0.2, 0.25) is 0 Å². The topological polar surface area (TPSA) is 86.3 Å². The van der Waals surface area contributed by atoms with Crippen molar-refractivity contribution >= 4 is 22.8 Å². The van der Waals surface area contributed by atoms with Crippen LogP contribution in [0.3, 0.4) is 0 Å². The van der Waals surface area contributed by atoms with Crippen molar-refractivity contribution in [1.29, 1.82) is 0 Å². The van der Waals surface area contributed by atoms with Crippen LogP contribution in [-0.2, 0) is 16.0 Å². The third kappa shape index (κ3) is 2.68. The molecule has 1 aliphatic rings. The number of rotatable bonds is 3. The van der Waals surface area contributed by atoms with Gasteiger partial charge in [-0.1, -0.05) is 18.2 Å². The summed E-state index contributed by atoms with van der Waals surface area (Å²) in [4.78, 5) is 25.4. The summed E-state index contributed by atoms with van der Waals surface area (Å²) in [6, 6.07) is 7.72. The van der Waals surface area contributed by atoms with Gasteiger partial charge in [-0.15, -0.1) is 0 Å². The van der Waals surface area contributed by atoms with Crippen LogP contribution < -0.4 is 0 Å². The molecule has 1 amide bonds. The Labute approximate surface area is 128 Å². The van der Waals surface area contributed by atoms with E-state index < -0.39 is 11.9 Å². The van der Waals surface area contributed by atoms with Gasteiger partial charge in [0.05, 0.1) is 23.5 Å². The van der Waals surface area contributed by atoms with Crippen LogP contribution in [0.1, 0.15) is 25.5 Å². The largest absolute Gasteiger partial charge is 0.481 e. The Hall–Kier alpha value is -2.37. The van der Waals surface area contributed by atoms with E-state index in [-0.39, 0.29) is 18.4 Å². The predicted octanol–water partition coefficient (Wildman–Crippen LogP) is 1.82. The maximum Gasteiger partial charge on any atom is 0.308 e. The normalized spacial score (nSPS) is 22.0. The molecule has 116 valence electrons. The van der Waals surface area contributed by atoms with Crippen molar-refractivity contribution in [2.24, 2.45) is 5.92 Å². The number of hydrogen-bond donors (Lipinski definition) is 2. The number of amides is 1. The molecule has 6 nitrogen and oxygen atoms in total. The number of nitrogens with one attached hydrogen (secondary N) is 1. The molecule has 2 aromatic rings. The molecule has 1 fully saturated rings. The standard InChI is InChI=1S/C16H19N3O3/c1-10-6-7-11(16(21)22)9-19(10)15(20)8-14-12-4-2-3-5-13(12)17-18-14/h2-5,10-11H,6-9H2,1H3,(H,17,18)(H,21,22). The van der Waals surface area contributed by atoms with Gasteiger partial charge in [-0.3, -0.25) is 14.7 Å². The highest BCUT2D eigenvalue weighted by Crippen LogP contribution is 2.24. The van der Waals surface area contributed by atoms with Crippen LogP contribution in [-0.4, -0.2) is 44.7 Å². The second kappa shape index (κ2) is 5.79. The quantitative estimate of drug-likeness (QED) is 0.905. The molecule has 1 aliphatic heterocycles. The van der Waals surface area contributed by atoms with Crippen LogP contribution in [0.15, 0.2) is 24.3 Å². The van der Waals surface area contributed by atoms with Crippen LogP contribution in [0.5, 0.6) is 0 Å². The number of fused-ring (bicyclic) bond motifs is 1. The molecule has 22 heavy (non-hydrogen) atoms. The lowest BCUT2D eigenvalue weighted by Gasteiger charge is -2.36. The summed E-state index contributed by atoms with van der Waals surface area (Å²) < 4.78 is 0. The first kappa shape index (κ1) is 14.6.